The Kier molecular flexibility index (Phi) is 3.05. The molecule has 1 nitrogen and oxygen atoms in total. The molecule has 0 aromatic heterocycles. The van der Waals surface area contributed by atoms with Crippen molar-refractivity contribution >= 4 is 12.6 Å². The van der Waals surface area contributed by atoms with Crippen molar-refractivity contribution in [2.45, 2.75) is 11.5 Å². The average Bonchev–Trinajstić information content (AvgIpc) is 2.03. The van der Waals surface area contributed by atoms with Crippen molar-refractivity contribution in [1.29, 1.82) is 0 Å². The highest BCUT2D eigenvalue weighted by molar-refractivity contribution is 7.80. The van der Waals surface area contributed by atoms with Gasteiger partial charge in [0.25, 0.3) is 0 Å². The Morgan fingerprint density at radius 2 is 2.18 bits per heavy atom. The first-order chi connectivity index (χ1) is 5.34. The van der Waals surface area contributed by atoms with Gasteiger partial charge in [-0.3, -0.25) is 0 Å². The van der Waals surface area contributed by atoms with E-state index < -0.39 is 0 Å². The summed E-state index contributed by atoms with van der Waals surface area (Å²) >= 11 is 4.26. The minimum Gasteiger partial charge on any atom is -0.497 e. The fourth-order valence-electron chi connectivity index (χ4n) is 0.782. The normalized spacial score (nSPS) is 9.18. The highest BCUT2D eigenvalue weighted by Crippen LogP contribution is 2.13. The lowest BCUT2D eigenvalue weighted by Gasteiger charge is -2.02. The van der Waals surface area contributed by atoms with Crippen molar-refractivity contribution in [3.05, 3.63) is 42.7 Å². The highest BCUT2D eigenvalue weighted by atomic mass is 32.1. The lowest BCUT2D eigenvalue weighted by molar-refractivity contribution is 0.235. The Labute approximate surface area is 72.1 Å². The summed E-state index contributed by atoms with van der Waals surface area (Å²) < 4.78 is 5.02. The summed E-state index contributed by atoms with van der Waals surface area (Å²) in [6, 6.07) is 7.82. The topological polar surface area (TPSA) is 9.23 Å². The minimum absolute atomic E-state index is 0.545. The quantitative estimate of drug-likeness (QED) is 0.536. The predicted octanol–water partition coefficient (Wildman–Crippen LogP) is 2.64. The van der Waals surface area contributed by atoms with Gasteiger partial charge in [-0.1, -0.05) is 24.8 Å². The molecule has 0 saturated heterocycles. The monoisotopic (exact) mass is 166 g/mol. The second-order valence-corrected chi connectivity index (χ2v) is 2.59. The fourth-order valence-corrected chi connectivity index (χ4v) is 1.01. The molecule has 1 aromatic carbocycles. The van der Waals surface area contributed by atoms with Crippen molar-refractivity contribution in [2.24, 2.45) is 0 Å². The standard InChI is InChI=1S/C9H10OS/c1-2-10-7-8-5-3-4-6-9(8)11/h2-6,11H,1,7H2. The van der Waals surface area contributed by atoms with E-state index in [1.54, 1.807) is 0 Å². The number of thiol groups is 1. The van der Waals surface area contributed by atoms with Crippen LogP contribution < -0.4 is 0 Å². The third kappa shape index (κ3) is 2.31. The van der Waals surface area contributed by atoms with Crippen molar-refractivity contribution in [2.75, 3.05) is 0 Å². The molecule has 58 valence electrons. The van der Waals surface area contributed by atoms with E-state index in [9.17, 15) is 0 Å². The van der Waals surface area contributed by atoms with Gasteiger partial charge in [-0.2, -0.15) is 0 Å². The Balaban J connectivity index is 2.69. The van der Waals surface area contributed by atoms with Gasteiger partial charge in [0, 0.05) is 10.5 Å². The molecule has 0 saturated carbocycles. The molecule has 11 heavy (non-hydrogen) atoms. The fraction of sp³-hybridized carbons (Fsp3) is 0.111. The molecule has 2 heteroatoms. The van der Waals surface area contributed by atoms with Crippen LogP contribution in [-0.4, -0.2) is 0 Å². The molecule has 1 rings (SSSR count). The first-order valence-electron chi connectivity index (χ1n) is 3.34. The van der Waals surface area contributed by atoms with E-state index in [0.717, 1.165) is 10.5 Å². The largest absolute Gasteiger partial charge is 0.497 e. The maximum atomic E-state index is 5.02. The maximum absolute atomic E-state index is 5.02. The molecule has 0 amide bonds. The van der Waals surface area contributed by atoms with E-state index >= 15 is 0 Å². The number of hydrogen-bond donors (Lipinski definition) is 1. The third-order valence-corrected chi connectivity index (χ3v) is 1.78. The molecule has 0 fully saturated rings. The van der Waals surface area contributed by atoms with Gasteiger partial charge in [0.1, 0.15) is 6.61 Å². The van der Waals surface area contributed by atoms with Crippen LogP contribution in [0.4, 0.5) is 0 Å². The predicted molar refractivity (Wildman–Crippen MR) is 48.7 cm³/mol. The van der Waals surface area contributed by atoms with Crippen molar-refractivity contribution < 1.29 is 4.74 Å². The summed E-state index contributed by atoms with van der Waals surface area (Å²) in [5.41, 5.74) is 1.08. The summed E-state index contributed by atoms with van der Waals surface area (Å²) in [5.74, 6) is 0. The molecule has 0 aliphatic carbocycles. The molecule has 0 aliphatic rings. The molecule has 0 radical (unpaired) electrons. The molecule has 0 N–H and O–H groups in total. The third-order valence-electron chi connectivity index (χ3n) is 1.35. The lowest BCUT2D eigenvalue weighted by atomic mass is 10.2. The first-order valence-corrected chi connectivity index (χ1v) is 3.78. The van der Waals surface area contributed by atoms with Crippen molar-refractivity contribution in [3.8, 4) is 0 Å². The summed E-state index contributed by atoms with van der Waals surface area (Å²) in [5, 5.41) is 0. The SMILES string of the molecule is C=COCc1ccccc1S. The van der Waals surface area contributed by atoms with E-state index in [4.69, 9.17) is 4.74 Å². The molecule has 0 heterocycles. The van der Waals surface area contributed by atoms with Gasteiger partial charge in [-0.15, -0.1) is 12.6 Å². The molecular weight excluding hydrogens is 156 g/mol. The van der Waals surface area contributed by atoms with Crippen LogP contribution >= 0.6 is 12.6 Å². The average molecular weight is 166 g/mol. The van der Waals surface area contributed by atoms with Crippen LogP contribution in [-0.2, 0) is 11.3 Å². The molecule has 0 aliphatic heterocycles. The van der Waals surface area contributed by atoms with Gasteiger partial charge >= 0.3 is 0 Å². The van der Waals surface area contributed by atoms with Crippen LogP contribution in [0.1, 0.15) is 5.56 Å². The molecule has 0 spiro atoms. The molecule has 0 unspecified atom stereocenters. The zero-order valence-corrected chi connectivity index (χ0v) is 7.05. The lowest BCUT2D eigenvalue weighted by Crippen LogP contribution is -1.86. The van der Waals surface area contributed by atoms with Crippen LogP contribution in [0, 0.1) is 0 Å². The van der Waals surface area contributed by atoms with Gasteiger partial charge in [0.05, 0.1) is 6.26 Å². The second kappa shape index (κ2) is 4.09. The summed E-state index contributed by atoms with van der Waals surface area (Å²) in [4.78, 5) is 0.953. The molecular formula is C9H10OS. The smallest absolute Gasteiger partial charge is 0.113 e. The van der Waals surface area contributed by atoms with Crippen LogP contribution in [0.25, 0.3) is 0 Å². The molecule has 0 bridgehead atoms. The van der Waals surface area contributed by atoms with Gasteiger partial charge in [0.15, 0.2) is 0 Å². The number of rotatable bonds is 3. The second-order valence-electron chi connectivity index (χ2n) is 2.11. The number of ether oxygens (including phenoxy) is 1. The first kappa shape index (κ1) is 8.21. The zero-order chi connectivity index (χ0) is 8.10. The van der Waals surface area contributed by atoms with Gasteiger partial charge < -0.3 is 4.74 Å². The Hall–Kier alpha value is -0.890. The summed E-state index contributed by atoms with van der Waals surface area (Å²) in [6.07, 6.45) is 1.43. The molecule has 1 aromatic rings. The highest BCUT2D eigenvalue weighted by Gasteiger charge is 1.94. The van der Waals surface area contributed by atoms with Crippen molar-refractivity contribution in [1.82, 2.24) is 0 Å². The van der Waals surface area contributed by atoms with Crippen LogP contribution in [0.2, 0.25) is 0 Å². The summed E-state index contributed by atoms with van der Waals surface area (Å²) in [7, 11) is 0. The van der Waals surface area contributed by atoms with E-state index in [0.29, 0.717) is 6.61 Å². The Morgan fingerprint density at radius 1 is 1.45 bits per heavy atom. The molecule has 0 atom stereocenters. The summed E-state index contributed by atoms with van der Waals surface area (Å²) in [6.45, 7) is 4.00. The van der Waals surface area contributed by atoms with E-state index in [2.05, 4.69) is 19.2 Å². The van der Waals surface area contributed by atoms with Gasteiger partial charge in [0.2, 0.25) is 0 Å². The van der Waals surface area contributed by atoms with Crippen molar-refractivity contribution in [3.63, 3.8) is 0 Å². The minimum atomic E-state index is 0.545. The van der Waals surface area contributed by atoms with Gasteiger partial charge in [-0.25, -0.2) is 0 Å². The van der Waals surface area contributed by atoms with Gasteiger partial charge in [-0.05, 0) is 6.07 Å². The number of benzene rings is 1. The van der Waals surface area contributed by atoms with E-state index in [1.165, 1.54) is 6.26 Å². The Morgan fingerprint density at radius 3 is 2.82 bits per heavy atom. The van der Waals surface area contributed by atoms with E-state index in [-0.39, 0.29) is 0 Å². The zero-order valence-electron chi connectivity index (χ0n) is 6.16. The maximum Gasteiger partial charge on any atom is 0.113 e. The van der Waals surface area contributed by atoms with Crippen LogP contribution in [0.15, 0.2) is 42.0 Å². The number of hydrogen-bond acceptors (Lipinski definition) is 2. The van der Waals surface area contributed by atoms with Crippen LogP contribution in [0.5, 0.6) is 0 Å². The van der Waals surface area contributed by atoms with E-state index in [1.807, 2.05) is 24.3 Å². The Bertz CT molecular complexity index is 245. The van der Waals surface area contributed by atoms with Crippen LogP contribution in [0.3, 0.4) is 0 Å².